The van der Waals surface area contributed by atoms with Crippen LogP contribution in [-0.2, 0) is 14.3 Å². The fourth-order valence-electron chi connectivity index (χ4n) is 1.75. The summed E-state index contributed by atoms with van der Waals surface area (Å²) in [5.41, 5.74) is 0. The summed E-state index contributed by atoms with van der Waals surface area (Å²) >= 11 is 0. The van der Waals surface area contributed by atoms with E-state index in [9.17, 15) is 9.59 Å². The Morgan fingerprint density at radius 2 is 2.07 bits per heavy atom. The lowest BCUT2D eigenvalue weighted by Gasteiger charge is -2.40. The second kappa shape index (κ2) is 4.18. The van der Waals surface area contributed by atoms with E-state index in [-0.39, 0.29) is 24.5 Å². The van der Waals surface area contributed by atoms with Crippen LogP contribution in [0.4, 0.5) is 0 Å². The molecule has 0 bridgehead atoms. The Labute approximate surface area is 88.0 Å². The van der Waals surface area contributed by atoms with Crippen LogP contribution in [0.1, 0.15) is 19.3 Å². The number of aliphatic carboxylic acids is 1. The number of carboxylic acids is 1. The first-order chi connectivity index (χ1) is 7.18. The van der Waals surface area contributed by atoms with Gasteiger partial charge in [-0.2, -0.15) is 0 Å². The summed E-state index contributed by atoms with van der Waals surface area (Å²) < 4.78 is 4.99. The van der Waals surface area contributed by atoms with Gasteiger partial charge in [0.25, 0.3) is 0 Å². The highest BCUT2D eigenvalue weighted by Gasteiger charge is 2.40. The molecule has 0 aromatic heterocycles. The molecule has 2 aliphatic rings. The summed E-state index contributed by atoms with van der Waals surface area (Å²) in [4.78, 5) is 23.7. The molecular formula is C10H15NO4. The van der Waals surface area contributed by atoms with Crippen molar-refractivity contribution < 1.29 is 19.4 Å². The van der Waals surface area contributed by atoms with Crippen LogP contribution < -0.4 is 0 Å². The molecule has 5 nitrogen and oxygen atoms in total. The minimum absolute atomic E-state index is 0.109. The van der Waals surface area contributed by atoms with E-state index in [1.807, 2.05) is 4.90 Å². The van der Waals surface area contributed by atoms with Gasteiger partial charge >= 0.3 is 5.97 Å². The minimum Gasteiger partial charge on any atom is -0.480 e. The summed E-state index contributed by atoms with van der Waals surface area (Å²) in [6, 6.07) is 0.109. The fourth-order valence-corrected chi connectivity index (χ4v) is 1.75. The molecule has 1 heterocycles. The molecule has 1 aliphatic carbocycles. The highest BCUT2D eigenvalue weighted by atomic mass is 16.5. The predicted octanol–water partition coefficient (Wildman–Crippen LogP) is 0.0985. The maximum Gasteiger partial charge on any atom is 0.329 e. The second-order valence-electron chi connectivity index (χ2n) is 4.16. The molecule has 1 saturated heterocycles. The number of ether oxygens (including phenoxy) is 1. The van der Waals surface area contributed by atoms with Crippen molar-refractivity contribution >= 4 is 11.9 Å². The first kappa shape index (κ1) is 10.4. The van der Waals surface area contributed by atoms with Crippen molar-refractivity contribution in [3.8, 4) is 0 Å². The topological polar surface area (TPSA) is 66.8 Å². The number of hydrogen-bond acceptors (Lipinski definition) is 3. The van der Waals surface area contributed by atoms with Crippen LogP contribution in [0.25, 0.3) is 0 Å². The van der Waals surface area contributed by atoms with Crippen molar-refractivity contribution in [1.82, 2.24) is 4.90 Å². The highest BCUT2D eigenvalue weighted by molar-refractivity contribution is 5.82. The average molecular weight is 213 g/mol. The molecule has 0 aromatic carbocycles. The molecule has 1 amide bonds. The summed E-state index contributed by atoms with van der Waals surface area (Å²) in [5, 5.41) is 8.38. The second-order valence-corrected chi connectivity index (χ2v) is 4.16. The van der Waals surface area contributed by atoms with Crippen LogP contribution in [0.3, 0.4) is 0 Å². The largest absolute Gasteiger partial charge is 0.480 e. The van der Waals surface area contributed by atoms with E-state index in [0.29, 0.717) is 6.61 Å². The monoisotopic (exact) mass is 213 g/mol. The number of nitrogens with zero attached hydrogens (tertiary/aromatic N) is 1. The molecule has 84 valence electrons. The Bertz CT molecular complexity index is 275. The SMILES string of the molecule is O=C(O)COCC1CCN1C(=O)C1CC1. The smallest absolute Gasteiger partial charge is 0.329 e. The molecule has 1 aliphatic heterocycles. The Morgan fingerprint density at radius 1 is 1.33 bits per heavy atom. The molecule has 1 unspecified atom stereocenters. The first-order valence-corrected chi connectivity index (χ1v) is 5.28. The molecule has 0 aromatic rings. The van der Waals surface area contributed by atoms with E-state index in [0.717, 1.165) is 25.8 Å². The standard InChI is InChI=1S/C10H15NO4/c12-9(13)6-15-5-8-3-4-11(8)10(14)7-1-2-7/h7-8H,1-6H2,(H,12,13). The molecule has 1 saturated carbocycles. The number of carbonyl (C=O) groups excluding carboxylic acids is 1. The lowest BCUT2D eigenvalue weighted by molar-refractivity contribution is -0.147. The molecule has 5 heteroatoms. The van der Waals surface area contributed by atoms with Crippen molar-refractivity contribution in [3.05, 3.63) is 0 Å². The van der Waals surface area contributed by atoms with Gasteiger partial charge in [-0.15, -0.1) is 0 Å². The summed E-state index contributed by atoms with van der Waals surface area (Å²) in [7, 11) is 0. The number of amides is 1. The van der Waals surface area contributed by atoms with Gasteiger partial charge in [0.1, 0.15) is 6.61 Å². The normalized spacial score (nSPS) is 24.8. The van der Waals surface area contributed by atoms with Gasteiger partial charge in [0.05, 0.1) is 12.6 Å². The molecular weight excluding hydrogens is 198 g/mol. The van der Waals surface area contributed by atoms with Crippen LogP contribution in [0.15, 0.2) is 0 Å². The number of hydrogen-bond donors (Lipinski definition) is 1. The van der Waals surface area contributed by atoms with Gasteiger partial charge in [0.2, 0.25) is 5.91 Å². The number of rotatable bonds is 5. The number of carboxylic acid groups (broad SMARTS) is 1. The van der Waals surface area contributed by atoms with E-state index < -0.39 is 5.97 Å². The lowest BCUT2D eigenvalue weighted by atomic mass is 10.0. The maximum absolute atomic E-state index is 11.6. The van der Waals surface area contributed by atoms with Crippen LogP contribution >= 0.6 is 0 Å². The average Bonchev–Trinajstić information content (AvgIpc) is 2.92. The van der Waals surface area contributed by atoms with E-state index in [4.69, 9.17) is 9.84 Å². The Balaban J connectivity index is 1.69. The van der Waals surface area contributed by atoms with Gasteiger partial charge in [-0.1, -0.05) is 0 Å². The minimum atomic E-state index is -0.964. The van der Waals surface area contributed by atoms with Gasteiger partial charge < -0.3 is 14.7 Å². The lowest BCUT2D eigenvalue weighted by Crippen LogP contribution is -2.54. The van der Waals surface area contributed by atoms with Crippen molar-refractivity contribution in [2.75, 3.05) is 19.8 Å². The third-order valence-corrected chi connectivity index (χ3v) is 2.89. The molecule has 0 radical (unpaired) electrons. The molecule has 15 heavy (non-hydrogen) atoms. The van der Waals surface area contributed by atoms with Crippen molar-refractivity contribution in [2.24, 2.45) is 5.92 Å². The van der Waals surface area contributed by atoms with Gasteiger partial charge in [-0.3, -0.25) is 4.79 Å². The quantitative estimate of drug-likeness (QED) is 0.703. The van der Waals surface area contributed by atoms with Crippen LogP contribution in [0, 0.1) is 5.92 Å². The summed E-state index contributed by atoms with van der Waals surface area (Å²) in [6.07, 6.45) is 2.95. The predicted molar refractivity (Wildman–Crippen MR) is 51.3 cm³/mol. The van der Waals surface area contributed by atoms with Gasteiger partial charge in [0, 0.05) is 12.5 Å². The molecule has 2 fully saturated rings. The Kier molecular flexibility index (Phi) is 2.90. The molecule has 0 spiro atoms. The number of likely N-dealkylation sites (tertiary alicyclic amines) is 1. The Hall–Kier alpha value is -1.10. The van der Waals surface area contributed by atoms with Crippen LogP contribution in [0.5, 0.6) is 0 Å². The van der Waals surface area contributed by atoms with Crippen molar-refractivity contribution in [1.29, 1.82) is 0 Å². The fraction of sp³-hybridized carbons (Fsp3) is 0.800. The first-order valence-electron chi connectivity index (χ1n) is 5.28. The number of carbonyl (C=O) groups is 2. The Morgan fingerprint density at radius 3 is 2.53 bits per heavy atom. The van der Waals surface area contributed by atoms with Gasteiger partial charge in [-0.05, 0) is 19.3 Å². The van der Waals surface area contributed by atoms with E-state index in [1.54, 1.807) is 0 Å². The maximum atomic E-state index is 11.6. The third kappa shape index (κ3) is 2.47. The zero-order valence-electron chi connectivity index (χ0n) is 8.52. The van der Waals surface area contributed by atoms with Gasteiger partial charge in [-0.25, -0.2) is 4.79 Å². The van der Waals surface area contributed by atoms with Crippen molar-refractivity contribution in [2.45, 2.75) is 25.3 Å². The zero-order valence-corrected chi connectivity index (χ0v) is 8.52. The van der Waals surface area contributed by atoms with E-state index in [2.05, 4.69) is 0 Å². The summed E-state index contributed by atoms with van der Waals surface area (Å²) in [6.45, 7) is 0.878. The van der Waals surface area contributed by atoms with E-state index in [1.165, 1.54) is 0 Å². The third-order valence-electron chi connectivity index (χ3n) is 2.89. The zero-order chi connectivity index (χ0) is 10.8. The van der Waals surface area contributed by atoms with E-state index >= 15 is 0 Å². The molecule has 2 rings (SSSR count). The molecule has 1 atom stereocenters. The summed E-state index contributed by atoms with van der Waals surface area (Å²) in [5.74, 6) is -0.494. The van der Waals surface area contributed by atoms with Crippen molar-refractivity contribution in [3.63, 3.8) is 0 Å². The molecule has 1 N–H and O–H groups in total. The highest BCUT2D eigenvalue weighted by Crippen LogP contribution is 2.34. The van der Waals surface area contributed by atoms with Gasteiger partial charge in [0.15, 0.2) is 0 Å². The van der Waals surface area contributed by atoms with Crippen LogP contribution in [-0.4, -0.2) is 47.7 Å². The van der Waals surface area contributed by atoms with Crippen LogP contribution in [0.2, 0.25) is 0 Å².